The summed E-state index contributed by atoms with van der Waals surface area (Å²) in [6, 6.07) is 0. The van der Waals surface area contributed by atoms with E-state index < -0.39 is 32.9 Å². The summed E-state index contributed by atoms with van der Waals surface area (Å²) in [5.74, 6) is 0.454. The van der Waals surface area contributed by atoms with Crippen molar-refractivity contribution in [3.63, 3.8) is 0 Å². The fourth-order valence-electron chi connectivity index (χ4n) is 3.20. The highest BCUT2D eigenvalue weighted by Crippen LogP contribution is 2.38. The molecular weight excluding hydrogens is 369 g/mol. The van der Waals surface area contributed by atoms with E-state index >= 15 is 0 Å². The van der Waals surface area contributed by atoms with Gasteiger partial charge in [-0.15, -0.1) is 0 Å². The van der Waals surface area contributed by atoms with E-state index in [4.69, 9.17) is 14.5 Å². The quantitative estimate of drug-likeness (QED) is 0.487. The van der Waals surface area contributed by atoms with E-state index in [-0.39, 0.29) is 17.5 Å². The Morgan fingerprint density at radius 1 is 1.46 bits per heavy atom. The van der Waals surface area contributed by atoms with Crippen LogP contribution in [0.2, 0.25) is 0 Å². The number of anilines is 1. The zero-order chi connectivity index (χ0) is 18.5. The second kappa shape index (κ2) is 6.41. The van der Waals surface area contributed by atoms with Crippen molar-refractivity contribution in [3.05, 3.63) is 16.7 Å². The molecular formula is C13H18N5O7P. The summed E-state index contributed by atoms with van der Waals surface area (Å²) in [6.45, 7) is 0.825. The van der Waals surface area contributed by atoms with Crippen molar-refractivity contribution >= 4 is 24.9 Å². The molecule has 26 heavy (non-hydrogen) atoms. The highest BCUT2D eigenvalue weighted by atomic mass is 31.2. The maximum atomic E-state index is 12.6. The lowest BCUT2D eigenvalue weighted by Gasteiger charge is -2.19. The molecule has 142 valence electrons. The van der Waals surface area contributed by atoms with E-state index in [1.165, 1.54) is 15.5 Å². The van der Waals surface area contributed by atoms with Gasteiger partial charge in [0.2, 0.25) is 5.95 Å². The van der Waals surface area contributed by atoms with Crippen LogP contribution in [0.4, 0.5) is 5.95 Å². The van der Waals surface area contributed by atoms with Crippen molar-refractivity contribution in [1.82, 2.24) is 19.1 Å². The number of phosphoric acid groups is 1. The number of hydrogen-bond donors (Lipinski definition) is 4. The molecule has 1 fully saturated rings. The minimum Gasteiger partial charge on any atom is -0.390 e. The second-order valence-corrected chi connectivity index (χ2v) is 7.45. The van der Waals surface area contributed by atoms with Gasteiger partial charge in [-0.05, 0) is 6.42 Å². The van der Waals surface area contributed by atoms with Crippen molar-refractivity contribution in [2.24, 2.45) is 0 Å². The Labute approximate surface area is 146 Å². The highest BCUT2D eigenvalue weighted by molar-refractivity contribution is 7.46. The van der Waals surface area contributed by atoms with Crippen LogP contribution < -0.4 is 10.9 Å². The van der Waals surface area contributed by atoms with Crippen molar-refractivity contribution < 1.29 is 28.7 Å². The minimum absolute atomic E-state index is 0.147. The largest absolute Gasteiger partial charge is 0.469 e. The zero-order valence-electron chi connectivity index (χ0n) is 13.6. The van der Waals surface area contributed by atoms with Crippen LogP contribution in [0.5, 0.6) is 0 Å². The summed E-state index contributed by atoms with van der Waals surface area (Å²) in [7, 11) is -4.66. The molecule has 0 bridgehead atoms. The topological polar surface area (TPSA) is 161 Å². The van der Waals surface area contributed by atoms with Gasteiger partial charge in [0, 0.05) is 19.5 Å². The standard InChI is InChI=1S/C13H18N5O7P/c19-7-4-9(25-8(7)5-24-26(21,22)23)18-6-15-10-11(18)16-13-14-2-1-3-17(13)12(10)20/h6-9,19H,1-5H2,(H,14,16)(H2,21,22,23)/t7-,8+,9+/m0/s1. The van der Waals surface area contributed by atoms with Gasteiger partial charge in [0.15, 0.2) is 11.2 Å². The van der Waals surface area contributed by atoms with Crippen LogP contribution in [0.3, 0.4) is 0 Å². The van der Waals surface area contributed by atoms with E-state index in [1.807, 2.05) is 0 Å². The zero-order valence-corrected chi connectivity index (χ0v) is 14.5. The van der Waals surface area contributed by atoms with E-state index in [0.717, 1.165) is 6.42 Å². The molecule has 0 saturated carbocycles. The third kappa shape index (κ3) is 3.15. The number of aromatic nitrogens is 4. The van der Waals surface area contributed by atoms with Gasteiger partial charge in [-0.2, -0.15) is 4.98 Å². The Morgan fingerprint density at radius 3 is 3.04 bits per heavy atom. The first-order chi connectivity index (χ1) is 12.3. The van der Waals surface area contributed by atoms with E-state index in [2.05, 4.69) is 19.8 Å². The number of fused-ring (bicyclic) bond motifs is 2. The molecule has 0 unspecified atom stereocenters. The molecule has 2 aliphatic rings. The second-order valence-electron chi connectivity index (χ2n) is 6.22. The van der Waals surface area contributed by atoms with Crippen molar-refractivity contribution in [2.45, 2.75) is 37.8 Å². The van der Waals surface area contributed by atoms with Crippen LogP contribution in [-0.4, -0.2) is 59.4 Å². The molecule has 2 aromatic rings. The first-order valence-electron chi connectivity index (χ1n) is 8.08. The summed E-state index contributed by atoms with van der Waals surface area (Å²) < 4.78 is 23.9. The summed E-state index contributed by atoms with van der Waals surface area (Å²) in [4.78, 5) is 38.7. The van der Waals surface area contributed by atoms with Crippen LogP contribution in [0.25, 0.3) is 11.2 Å². The maximum Gasteiger partial charge on any atom is 0.469 e. The lowest BCUT2D eigenvalue weighted by atomic mass is 10.2. The van der Waals surface area contributed by atoms with Crippen LogP contribution in [0.1, 0.15) is 19.1 Å². The molecule has 0 aliphatic carbocycles. The predicted octanol–water partition coefficient (Wildman–Crippen LogP) is -0.834. The van der Waals surface area contributed by atoms with Gasteiger partial charge in [0.05, 0.1) is 19.0 Å². The Hall–Kier alpha value is -1.82. The number of nitrogens with one attached hydrogen (secondary N) is 1. The fourth-order valence-corrected chi connectivity index (χ4v) is 3.54. The molecule has 0 aromatic carbocycles. The van der Waals surface area contributed by atoms with Gasteiger partial charge in [-0.25, -0.2) is 9.55 Å². The van der Waals surface area contributed by atoms with Crippen LogP contribution in [-0.2, 0) is 20.4 Å². The number of nitrogens with zero attached hydrogens (tertiary/aromatic N) is 4. The molecule has 4 rings (SSSR count). The Morgan fingerprint density at radius 2 is 2.27 bits per heavy atom. The number of phosphoric ester groups is 1. The lowest BCUT2D eigenvalue weighted by Crippen LogP contribution is -2.30. The molecule has 2 aromatic heterocycles. The van der Waals surface area contributed by atoms with Gasteiger partial charge in [0.25, 0.3) is 5.56 Å². The summed E-state index contributed by atoms with van der Waals surface area (Å²) in [6.07, 6.45) is -0.204. The van der Waals surface area contributed by atoms with Crippen LogP contribution in [0.15, 0.2) is 11.1 Å². The average molecular weight is 387 g/mol. The molecule has 0 radical (unpaired) electrons. The minimum atomic E-state index is -4.66. The molecule has 4 N–H and O–H groups in total. The first-order valence-corrected chi connectivity index (χ1v) is 9.61. The monoisotopic (exact) mass is 387 g/mol. The van der Waals surface area contributed by atoms with Crippen LogP contribution >= 0.6 is 7.82 Å². The van der Waals surface area contributed by atoms with Crippen molar-refractivity contribution in [2.75, 3.05) is 18.5 Å². The summed E-state index contributed by atoms with van der Waals surface area (Å²) in [5.41, 5.74) is 0.269. The third-order valence-electron chi connectivity index (χ3n) is 4.45. The smallest absolute Gasteiger partial charge is 0.390 e. The van der Waals surface area contributed by atoms with Crippen LogP contribution in [0, 0.1) is 0 Å². The van der Waals surface area contributed by atoms with Gasteiger partial charge in [-0.1, -0.05) is 0 Å². The number of imidazole rings is 1. The number of aliphatic hydroxyl groups excluding tert-OH is 1. The molecule has 13 heteroatoms. The molecule has 1 saturated heterocycles. The number of rotatable bonds is 4. The number of aliphatic hydroxyl groups is 1. The molecule has 0 amide bonds. The predicted molar refractivity (Wildman–Crippen MR) is 87.4 cm³/mol. The molecule has 0 spiro atoms. The number of hydrogen-bond acceptors (Lipinski definition) is 8. The molecule has 4 heterocycles. The number of ether oxygens (including phenoxy) is 1. The molecule has 3 atom stereocenters. The lowest BCUT2D eigenvalue weighted by molar-refractivity contribution is -0.0424. The SMILES string of the molecule is O=c1c2ncn([C@H]3C[C@H](O)[C@@H](COP(=O)(O)O)O3)c2nc2n1CCCN2. The Balaban J connectivity index is 1.62. The van der Waals surface area contributed by atoms with Gasteiger partial charge in [-0.3, -0.25) is 18.5 Å². The Kier molecular flexibility index (Phi) is 4.34. The third-order valence-corrected chi connectivity index (χ3v) is 4.93. The fraction of sp³-hybridized carbons (Fsp3) is 0.615. The highest BCUT2D eigenvalue weighted by Gasteiger charge is 2.37. The van der Waals surface area contributed by atoms with Gasteiger partial charge >= 0.3 is 7.82 Å². The summed E-state index contributed by atoms with van der Waals surface area (Å²) in [5, 5.41) is 13.2. The normalized spacial score (nSPS) is 26.0. The van der Waals surface area contributed by atoms with E-state index in [1.54, 1.807) is 0 Å². The van der Waals surface area contributed by atoms with Gasteiger partial charge < -0.3 is 24.9 Å². The summed E-state index contributed by atoms with van der Waals surface area (Å²) >= 11 is 0. The van der Waals surface area contributed by atoms with E-state index in [0.29, 0.717) is 24.7 Å². The van der Waals surface area contributed by atoms with Gasteiger partial charge in [0.1, 0.15) is 12.3 Å². The molecule has 12 nitrogen and oxygen atoms in total. The van der Waals surface area contributed by atoms with E-state index in [9.17, 15) is 14.5 Å². The van der Waals surface area contributed by atoms with Crippen molar-refractivity contribution in [1.29, 1.82) is 0 Å². The van der Waals surface area contributed by atoms with Crippen molar-refractivity contribution in [3.8, 4) is 0 Å². The average Bonchev–Trinajstić information content (AvgIpc) is 3.16. The Bertz CT molecular complexity index is 937. The first kappa shape index (κ1) is 17.6. The molecule has 2 aliphatic heterocycles. The maximum absolute atomic E-state index is 12.6.